The van der Waals surface area contributed by atoms with Crippen molar-refractivity contribution >= 4 is 11.4 Å². The van der Waals surface area contributed by atoms with E-state index in [9.17, 15) is 5.11 Å². The molecule has 0 fully saturated rings. The van der Waals surface area contributed by atoms with E-state index < -0.39 is 0 Å². The topological polar surface area (TPSA) is 62.8 Å². The van der Waals surface area contributed by atoms with Crippen LogP contribution in [0.25, 0.3) is 0 Å². The number of aromatic hydroxyl groups is 1. The van der Waals surface area contributed by atoms with E-state index in [-0.39, 0.29) is 5.75 Å². The van der Waals surface area contributed by atoms with E-state index in [4.69, 9.17) is 9.47 Å². The molecule has 0 aliphatic heterocycles. The van der Waals surface area contributed by atoms with Gasteiger partial charge in [0.05, 0.1) is 5.69 Å². The summed E-state index contributed by atoms with van der Waals surface area (Å²) in [5.41, 5.74) is 1.70. The molecule has 0 atom stereocenters. The average molecular weight is 353 g/mol. The summed E-state index contributed by atoms with van der Waals surface area (Å²) < 4.78 is 11.1. The molecule has 0 radical (unpaired) electrons. The van der Waals surface area contributed by atoms with Gasteiger partial charge in [-0.3, -0.25) is 0 Å². The molecule has 0 heterocycles. The van der Waals surface area contributed by atoms with Gasteiger partial charge in [0.1, 0.15) is 11.4 Å². The minimum Gasteiger partial charge on any atom is -0.506 e. The number of rotatable bonds is 16. The highest BCUT2D eigenvalue weighted by molar-refractivity contribution is 5.75. The lowest BCUT2D eigenvalue weighted by atomic mass is 10.2. The molecular formula is C20H36N2O3. The first-order chi connectivity index (χ1) is 12.3. The Morgan fingerprint density at radius 2 is 1.36 bits per heavy atom. The van der Waals surface area contributed by atoms with Crippen molar-refractivity contribution in [1.82, 2.24) is 0 Å². The molecule has 0 spiro atoms. The zero-order valence-electron chi connectivity index (χ0n) is 16.0. The van der Waals surface area contributed by atoms with Gasteiger partial charge in [-0.05, 0) is 37.8 Å². The van der Waals surface area contributed by atoms with E-state index in [2.05, 4.69) is 24.5 Å². The van der Waals surface area contributed by atoms with E-state index in [1.165, 1.54) is 6.42 Å². The largest absolute Gasteiger partial charge is 0.506 e. The molecule has 0 bridgehead atoms. The molecule has 0 amide bonds. The summed E-state index contributed by atoms with van der Waals surface area (Å²) in [5.74, 6) is 0.274. The van der Waals surface area contributed by atoms with Gasteiger partial charge in [0.25, 0.3) is 0 Å². The summed E-state index contributed by atoms with van der Waals surface area (Å²) in [6.07, 6.45) is 6.43. The van der Waals surface area contributed by atoms with E-state index >= 15 is 0 Å². The van der Waals surface area contributed by atoms with Gasteiger partial charge >= 0.3 is 0 Å². The van der Waals surface area contributed by atoms with Crippen LogP contribution in [0.15, 0.2) is 18.2 Å². The SMILES string of the molecule is CCCCOCCCNc1cccc(O)c1NCCCOCCCC. The van der Waals surface area contributed by atoms with Crippen molar-refractivity contribution in [2.45, 2.75) is 52.4 Å². The maximum atomic E-state index is 10.1. The monoisotopic (exact) mass is 352 g/mol. The van der Waals surface area contributed by atoms with E-state index in [0.717, 1.165) is 83.0 Å². The Morgan fingerprint density at radius 3 is 1.96 bits per heavy atom. The molecule has 0 unspecified atom stereocenters. The summed E-state index contributed by atoms with van der Waals surface area (Å²) in [6.45, 7) is 9.12. The molecule has 144 valence electrons. The van der Waals surface area contributed by atoms with Crippen LogP contribution in [0.3, 0.4) is 0 Å². The number of unbranched alkanes of at least 4 members (excludes halogenated alkanes) is 2. The van der Waals surface area contributed by atoms with Crippen LogP contribution in [0.5, 0.6) is 5.75 Å². The first-order valence-corrected chi connectivity index (χ1v) is 9.74. The molecule has 25 heavy (non-hydrogen) atoms. The normalized spacial score (nSPS) is 10.8. The summed E-state index contributed by atoms with van der Waals surface area (Å²) in [6, 6.07) is 5.55. The highest BCUT2D eigenvalue weighted by Crippen LogP contribution is 2.31. The molecule has 5 nitrogen and oxygen atoms in total. The second-order valence-corrected chi connectivity index (χ2v) is 6.19. The predicted molar refractivity (Wildman–Crippen MR) is 106 cm³/mol. The maximum absolute atomic E-state index is 10.1. The fraction of sp³-hybridized carbons (Fsp3) is 0.700. The number of phenols is 1. The smallest absolute Gasteiger partial charge is 0.140 e. The first-order valence-electron chi connectivity index (χ1n) is 9.74. The van der Waals surface area contributed by atoms with Crippen molar-refractivity contribution in [1.29, 1.82) is 0 Å². The number of benzene rings is 1. The van der Waals surface area contributed by atoms with Crippen LogP contribution in [-0.2, 0) is 9.47 Å². The second-order valence-electron chi connectivity index (χ2n) is 6.19. The van der Waals surface area contributed by atoms with E-state index in [1.54, 1.807) is 6.07 Å². The maximum Gasteiger partial charge on any atom is 0.140 e. The van der Waals surface area contributed by atoms with Crippen LogP contribution in [0, 0.1) is 0 Å². The summed E-state index contributed by atoms with van der Waals surface area (Å²) >= 11 is 0. The molecule has 0 aliphatic rings. The summed E-state index contributed by atoms with van der Waals surface area (Å²) in [7, 11) is 0. The number of nitrogens with one attached hydrogen (secondary N) is 2. The quantitative estimate of drug-likeness (QED) is 0.299. The Balaban J connectivity index is 2.26. The Morgan fingerprint density at radius 1 is 0.800 bits per heavy atom. The van der Waals surface area contributed by atoms with Crippen LogP contribution in [0.4, 0.5) is 11.4 Å². The third kappa shape index (κ3) is 10.2. The molecule has 0 aliphatic carbocycles. The fourth-order valence-electron chi connectivity index (χ4n) is 2.36. The van der Waals surface area contributed by atoms with Gasteiger partial charge in [-0.1, -0.05) is 32.8 Å². The van der Waals surface area contributed by atoms with Crippen LogP contribution in [-0.4, -0.2) is 44.6 Å². The van der Waals surface area contributed by atoms with Gasteiger partial charge < -0.3 is 25.2 Å². The molecular weight excluding hydrogens is 316 g/mol. The Kier molecular flexibility index (Phi) is 12.8. The van der Waals surface area contributed by atoms with Gasteiger partial charge in [-0.2, -0.15) is 0 Å². The molecule has 3 N–H and O–H groups in total. The number of hydrogen-bond donors (Lipinski definition) is 3. The number of anilines is 2. The third-order valence-corrected chi connectivity index (χ3v) is 3.88. The molecule has 0 saturated carbocycles. The van der Waals surface area contributed by atoms with Gasteiger partial charge in [-0.25, -0.2) is 0 Å². The lowest BCUT2D eigenvalue weighted by molar-refractivity contribution is 0.131. The Hall–Kier alpha value is -1.46. The third-order valence-electron chi connectivity index (χ3n) is 3.88. The average Bonchev–Trinajstić information content (AvgIpc) is 2.62. The first kappa shape index (κ1) is 21.6. The molecule has 1 aromatic rings. The summed E-state index contributed by atoms with van der Waals surface area (Å²) in [4.78, 5) is 0. The zero-order valence-corrected chi connectivity index (χ0v) is 16.0. The Bertz CT molecular complexity index is 441. The highest BCUT2D eigenvalue weighted by Gasteiger charge is 2.06. The van der Waals surface area contributed by atoms with Crippen LogP contribution in [0.1, 0.15) is 52.4 Å². The van der Waals surface area contributed by atoms with Crippen molar-refractivity contribution in [2.24, 2.45) is 0 Å². The predicted octanol–water partition coefficient (Wildman–Crippen LogP) is 4.63. The molecule has 1 rings (SSSR count). The lowest BCUT2D eigenvalue weighted by Crippen LogP contribution is -2.11. The van der Waals surface area contributed by atoms with Gasteiger partial charge in [0.15, 0.2) is 0 Å². The highest BCUT2D eigenvalue weighted by atomic mass is 16.5. The van der Waals surface area contributed by atoms with Crippen molar-refractivity contribution in [3.8, 4) is 5.75 Å². The lowest BCUT2D eigenvalue weighted by Gasteiger charge is -2.15. The van der Waals surface area contributed by atoms with Gasteiger partial charge in [0.2, 0.25) is 0 Å². The molecule has 1 aromatic carbocycles. The van der Waals surface area contributed by atoms with E-state index in [0.29, 0.717) is 0 Å². The fourth-order valence-corrected chi connectivity index (χ4v) is 2.36. The van der Waals surface area contributed by atoms with Crippen molar-refractivity contribution < 1.29 is 14.6 Å². The molecule has 0 saturated heterocycles. The Labute approximate surface area is 153 Å². The molecule has 5 heteroatoms. The molecule has 0 aromatic heterocycles. The second kappa shape index (κ2) is 14.8. The number of phenolic OH excluding ortho intramolecular Hbond substituents is 1. The van der Waals surface area contributed by atoms with E-state index in [1.807, 2.05) is 12.1 Å². The zero-order chi connectivity index (χ0) is 18.2. The van der Waals surface area contributed by atoms with Crippen molar-refractivity contribution in [3.63, 3.8) is 0 Å². The van der Waals surface area contributed by atoms with Crippen molar-refractivity contribution in [3.05, 3.63) is 18.2 Å². The minimum absolute atomic E-state index is 0.274. The minimum atomic E-state index is 0.274. The van der Waals surface area contributed by atoms with Gasteiger partial charge in [-0.15, -0.1) is 0 Å². The number of hydrogen-bond acceptors (Lipinski definition) is 5. The van der Waals surface area contributed by atoms with Crippen LogP contribution in [0.2, 0.25) is 0 Å². The summed E-state index contributed by atoms with van der Waals surface area (Å²) in [5, 5.41) is 16.8. The standard InChI is InChI=1S/C20H36N2O3/c1-3-5-14-24-16-8-12-21-18-10-7-11-19(23)20(18)22-13-9-17-25-15-6-4-2/h7,10-11,21-23H,3-6,8-9,12-17H2,1-2H3. The van der Waals surface area contributed by atoms with Crippen LogP contribution < -0.4 is 10.6 Å². The number of para-hydroxylation sites is 1. The van der Waals surface area contributed by atoms with Crippen molar-refractivity contribution in [2.75, 3.05) is 50.2 Å². The van der Waals surface area contributed by atoms with Gasteiger partial charge in [0, 0.05) is 39.5 Å². The van der Waals surface area contributed by atoms with Crippen LogP contribution >= 0.6 is 0 Å². The number of ether oxygens (including phenoxy) is 2.